The molecule has 0 radical (unpaired) electrons. The maximum absolute atomic E-state index is 12.5. The number of ether oxygens (including phenoxy) is 3. The van der Waals surface area contributed by atoms with Gasteiger partial charge in [-0.15, -0.1) is 0 Å². The van der Waals surface area contributed by atoms with Gasteiger partial charge in [-0.25, -0.2) is 4.79 Å². The van der Waals surface area contributed by atoms with E-state index in [1.165, 1.54) is 0 Å². The molecule has 0 spiro atoms. The van der Waals surface area contributed by atoms with Gasteiger partial charge in [0.15, 0.2) is 0 Å². The van der Waals surface area contributed by atoms with Crippen LogP contribution in [-0.2, 0) is 19.0 Å². The highest BCUT2D eigenvalue weighted by molar-refractivity contribution is 9.10. The molecule has 4 atom stereocenters. The Bertz CT molecular complexity index is 702. The lowest BCUT2D eigenvalue weighted by Crippen LogP contribution is -2.42. The predicted molar refractivity (Wildman–Crippen MR) is 104 cm³/mol. The molecule has 0 saturated carbocycles. The average Bonchev–Trinajstić information content (AvgIpc) is 2.62. The first kappa shape index (κ1) is 20.1. The minimum atomic E-state index is -0.497. The summed E-state index contributed by atoms with van der Waals surface area (Å²) in [6.45, 7) is 1.91. The molecule has 0 aromatic heterocycles. The van der Waals surface area contributed by atoms with E-state index < -0.39 is 18.2 Å². The molecule has 5 nitrogen and oxygen atoms in total. The van der Waals surface area contributed by atoms with Crippen molar-refractivity contribution in [2.45, 2.75) is 69.9 Å². The Balaban J connectivity index is 1.71. The summed E-state index contributed by atoms with van der Waals surface area (Å²) in [5.41, 5.74) is 0.468. The van der Waals surface area contributed by atoms with E-state index in [1.54, 1.807) is 18.2 Å². The molecule has 4 unspecified atom stereocenters. The lowest BCUT2D eigenvalue weighted by molar-refractivity contribution is -0.160. The van der Waals surface area contributed by atoms with Gasteiger partial charge in [0, 0.05) is 4.47 Å². The molecule has 2 bridgehead atoms. The third-order valence-corrected chi connectivity index (χ3v) is 5.34. The zero-order valence-corrected chi connectivity index (χ0v) is 17.0. The second kappa shape index (κ2) is 9.51. The number of carbonyl (C=O) groups is 2. The van der Waals surface area contributed by atoms with Gasteiger partial charge in [0.2, 0.25) is 0 Å². The van der Waals surface area contributed by atoms with Crippen LogP contribution in [0.1, 0.15) is 55.8 Å². The van der Waals surface area contributed by atoms with E-state index in [0.717, 1.165) is 30.2 Å². The number of hydrogen-bond donors (Lipinski definition) is 0. The molecule has 1 fully saturated rings. The Kier molecular flexibility index (Phi) is 7.07. The number of fused-ring (bicyclic) bond motifs is 2. The molecule has 2 heterocycles. The van der Waals surface area contributed by atoms with Crippen LogP contribution >= 0.6 is 15.9 Å². The molecule has 0 aliphatic carbocycles. The zero-order valence-electron chi connectivity index (χ0n) is 15.4. The van der Waals surface area contributed by atoms with Crippen LogP contribution in [0.4, 0.5) is 0 Å². The number of hydrogen-bond acceptors (Lipinski definition) is 5. The molecule has 6 heteroatoms. The minimum absolute atomic E-state index is 0.0551. The molecule has 2 aliphatic rings. The average molecular weight is 437 g/mol. The first-order valence-electron chi connectivity index (χ1n) is 9.49. The molecule has 27 heavy (non-hydrogen) atoms. The molecule has 3 rings (SSSR count). The van der Waals surface area contributed by atoms with Crippen molar-refractivity contribution < 1.29 is 23.8 Å². The Morgan fingerprint density at radius 3 is 2.93 bits per heavy atom. The fraction of sp³-hybridized carbons (Fsp3) is 0.524. The second-order valence-corrected chi connectivity index (χ2v) is 8.02. The van der Waals surface area contributed by atoms with Crippen molar-refractivity contribution in [3.05, 3.63) is 46.5 Å². The highest BCUT2D eigenvalue weighted by Gasteiger charge is 2.35. The summed E-state index contributed by atoms with van der Waals surface area (Å²) >= 11 is 3.36. The van der Waals surface area contributed by atoms with Crippen LogP contribution in [0.25, 0.3) is 0 Å². The van der Waals surface area contributed by atoms with E-state index in [0.29, 0.717) is 12.0 Å². The molecule has 1 saturated heterocycles. The van der Waals surface area contributed by atoms with Crippen molar-refractivity contribution >= 4 is 27.9 Å². The van der Waals surface area contributed by atoms with Gasteiger partial charge in [-0.05, 0) is 57.2 Å². The molecule has 1 aromatic carbocycles. The zero-order chi connectivity index (χ0) is 19.2. The highest BCUT2D eigenvalue weighted by Crippen LogP contribution is 2.27. The van der Waals surface area contributed by atoms with Gasteiger partial charge in [0.25, 0.3) is 0 Å². The van der Waals surface area contributed by atoms with Gasteiger partial charge in [0.05, 0.1) is 24.2 Å². The normalized spacial score (nSPS) is 29.2. The number of cyclic esters (lactones) is 1. The summed E-state index contributed by atoms with van der Waals surface area (Å²) in [7, 11) is 0. The summed E-state index contributed by atoms with van der Waals surface area (Å²) in [6, 6.07) is 7.06. The van der Waals surface area contributed by atoms with Gasteiger partial charge in [-0.1, -0.05) is 34.1 Å². The quantitative estimate of drug-likeness (QED) is 0.501. The number of allylic oxidation sites excluding steroid dienone is 1. The number of rotatable bonds is 2. The van der Waals surface area contributed by atoms with Crippen molar-refractivity contribution in [2.24, 2.45) is 0 Å². The van der Waals surface area contributed by atoms with E-state index in [1.807, 2.05) is 13.0 Å². The Hall–Kier alpha value is -1.66. The van der Waals surface area contributed by atoms with Crippen LogP contribution in [0.2, 0.25) is 0 Å². The lowest BCUT2D eigenvalue weighted by Gasteiger charge is -2.35. The van der Waals surface area contributed by atoms with E-state index in [2.05, 4.69) is 28.1 Å². The summed E-state index contributed by atoms with van der Waals surface area (Å²) in [4.78, 5) is 24.8. The van der Waals surface area contributed by atoms with Crippen molar-refractivity contribution in [1.82, 2.24) is 0 Å². The van der Waals surface area contributed by atoms with Crippen LogP contribution in [0, 0.1) is 0 Å². The van der Waals surface area contributed by atoms with Crippen molar-refractivity contribution in [3.8, 4) is 0 Å². The van der Waals surface area contributed by atoms with Crippen LogP contribution in [0.15, 0.2) is 40.9 Å². The van der Waals surface area contributed by atoms with E-state index >= 15 is 0 Å². The molecular formula is C21H25BrO5. The van der Waals surface area contributed by atoms with Crippen LogP contribution < -0.4 is 0 Å². The van der Waals surface area contributed by atoms with Gasteiger partial charge < -0.3 is 14.2 Å². The van der Waals surface area contributed by atoms with Gasteiger partial charge in [-0.3, -0.25) is 4.79 Å². The maximum atomic E-state index is 12.5. The monoisotopic (exact) mass is 436 g/mol. The van der Waals surface area contributed by atoms with Crippen LogP contribution in [0.3, 0.4) is 0 Å². The van der Waals surface area contributed by atoms with Crippen LogP contribution in [0.5, 0.6) is 0 Å². The SMILES string of the molecule is CC1CCCC=CC2CCC(OC(=O)c3cccc(Br)c3)C(CC(=O)O1)O2. The van der Waals surface area contributed by atoms with E-state index in [9.17, 15) is 9.59 Å². The Morgan fingerprint density at radius 1 is 1.26 bits per heavy atom. The minimum Gasteiger partial charge on any atom is -0.463 e. The summed E-state index contributed by atoms with van der Waals surface area (Å²) in [6.07, 6.45) is 7.32. The number of halogens is 1. The summed E-state index contributed by atoms with van der Waals surface area (Å²) in [5, 5.41) is 0. The molecule has 0 N–H and O–H groups in total. The predicted octanol–water partition coefficient (Wildman–Crippen LogP) is 4.58. The third-order valence-electron chi connectivity index (χ3n) is 4.85. The third kappa shape index (κ3) is 5.91. The standard InChI is InChI=1S/C21H25BrO5/c1-14-6-3-2-4-9-17-10-11-18(19(26-17)13-20(23)25-14)27-21(24)15-7-5-8-16(22)12-15/h4-5,7-9,12,14,17-19H,2-3,6,10-11,13H2,1H3. The first-order chi connectivity index (χ1) is 13.0. The van der Waals surface area contributed by atoms with Crippen molar-refractivity contribution in [1.29, 1.82) is 0 Å². The number of benzene rings is 1. The Labute approximate surface area is 168 Å². The highest BCUT2D eigenvalue weighted by atomic mass is 79.9. The lowest BCUT2D eigenvalue weighted by atomic mass is 9.97. The molecule has 2 aliphatic heterocycles. The van der Waals surface area contributed by atoms with Crippen molar-refractivity contribution in [2.75, 3.05) is 0 Å². The first-order valence-corrected chi connectivity index (χ1v) is 10.3. The molecular weight excluding hydrogens is 412 g/mol. The largest absolute Gasteiger partial charge is 0.463 e. The molecule has 0 amide bonds. The van der Waals surface area contributed by atoms with Crippen LogP contribution in [-0.4, -0.2) is 36.4 Å². The fourth-order valence-corrected chi connectivity index (χ4v) is 3.84. The van der Waals surface area contributed by atoms with E-state index in [4.69, 9.17) is 14.2 Å². The molecule has 146 valence electrons. The van der Waals surface area contributed by atoms with Gasteiger partial charge in [-0.2, -0.15) is 0 Å². The van der Waals surface area contributed by atoms with Crippen molar-refractivity contribution in [3.63, 3.8) is 0 Å². The number of esters is 2. The number of carbonyl (C=O) groups excluding carboxylic acids is 2. The van der Waals surface area contributed by atoms with Gasteiger partial charge in [0.1, 0.15) is 12.2 Å². The smallest absolute Gasteiger partial charge is 0.338 e. The Morgan fingerprint density at radius 2 is 2.11 bits per heavy atom. The summed E-state index contributed by atoms with van der Waals surface area (Å²) in [5.74, 6) is -0.715. The van der Waals surface area contributed by atoms with E-state index in [-0.39, 0.29) is 24.6 Å². The molecule has 1 aromatic rings. The fourth-order valence-electron chi connectivity index (χ4n) is 3.44. The maximum Gasteiger partial charge on any atom is 0.338 e. The topological polar surface area (TPSA) is 61.8 Å². The van der Waals surface area contributed by atoms with Gasteiger partial charge >= 0.3 is 11.9 Å². The second-order valence-electron chi connectivity index (χ2n) is 7.11. The summed E-state index contributed by atoms with van der Waals surface area (Å²) < 4.78 is 18.1.